The van der Waals surface area contributed by atoms with E-state index in [0.29, 0.717) is 11.1 Å². The van der Waals surface area contributed by atoms with E-state index in [1.165, 1.54) is 24.3 Å². The Kier molecular flexibility index (Phi) is 7.64. The van der Waals surface area contributed by atoms with Crippen LogP contribution in [-0.2, 0) is 14.3 Å². The van der Waals surface area contributed by atoms with Gasteiger partial charge in [-0.3, -0.25) is 14.4 Å². The molecule has 0 spiro atoms. The fourth-order valence-electron chi connectivity index (χ4n) is 4.01. The number of ketones is 1. The predicted octanol–water partition coefficient (Wildman–Crippen LogP) is 5.06. The van der Waals surface area contributed by atoms with Gasteiger partial charge < -0.3 is 14.4 Å². The Morgan fingerprint density at radius 2 is 1.61 bits per heavy atom. The van der Waals surface area contributed by atoms with Crippen molar-refractivity contribution in [3.63, 3.8) is 0 Å². The van der Waals surface area contributed by atoms with Crippen LogP contribution in [0.2, 0.25) is 0 Å². The summed E-state index contributed by atoms with van der Waals surface area (Å²) < 4.78 is 11.4. The van der Waals surface area contributed by atoms with Crippen molar-refractivity contribution in [3.8, 4) is 5.75 Å². The van der Waals surface area contributed by atoms with Gasteiger partial charge in [0, 0.05) is 28.7 Å². The predicted molar refractivity (Wildman–Crippen MR) is 137 cm³/mol. The van der Waals surface area contributed by atoms with E-state index in [2.05, 4.69) is 15.9 Å². The molecule has 1 atom stereocenters. The molecule has 3 aromatic carbocycles. The van der Waals surface area contributed by atoms with Crippen molar-refractivity contribution in [1.29, 1.82) is 0 Å². The first-order chi connectivity index (χ1) is 17.2. The first-order valence-corrected chi connectivity index (χ1v) is 12.2. The number of ether oxygens (including phenoxy) is 2. The summed E-state index contributed by atoms with van der Waals surface area (Å²) in [6.07, 6.45) is 0.0404. The van der Waals surface area contributed by atoms with Gasteiger partial charge in [0.05, 0.1) is 11.5 Å². The molecule has 0 bridgehead atoms. The maximum absolute atomic E-state index is 12.6. The van der Waals surface area contributed by atoms with Crippen molar-refractivity contribution in [3.05, 3.63) is 93.5 Å². The summed E-state index contributed by atoms with van der Waals surface area (Å²) >= 11 is 3.31. The van der Waals surface area contributed by atoms with Gasteiger partial charge in [-0.2, -0.15) is 0 Å². The molecule has 36 heavy (non-hydrogen) atoms. The zero-order valence-corrected chi connectivity index (χ0v) is 21.4. The van der Waals surface area contributed by atoms with Crippen molar-refractivity contribution in [1.82, 2.24) is 0 Å². The number of hydrogen-bond donors (Lipinski definition) is 0. The van der Waals surface area contributed by atoms with Crippen molar-refractivity contribution >= 4 is 45.2 Å². The largest absolute Gasteiger partial charge is 0.457 e. The average Bonchev–Trinajstić information content (AvgIpc) is 3.24. The van der Waals surface area contributed by atoms with Crippen LogP contribution in [0.5, 0.6) is 5.75 Å². The molecule has 0 saturated carbocycles. The van der Waals surface area contributed by atoms with Gasteiger partial charge in [0.25, 0.3) is 0 Å². The third-order valence-electron chi connectivity index (χ3n) is 5.91. The minimum atomic E-state index is -0.633. The van der Waals surface area contributed by atoms with Crippen molar-refractivity contribution in [2.24, 2.45) is 5.92 Å². The lowest BCUT2D eigenvalue weighted by atomic mass is 10.1. The molecular formula is C28H24BrNO6. The number of aryl methyl sites for hydroxylation is 2. The highest BCUT2D eigenvalue weighted by Gasteiger charge is 2.36. The number of halogens is 1. The lowest BCUT2D eigenvalue weighted by Crippen LogP contribution is -2.27. The average molecular weight is 550 g/mol. The zero-order valence-electron chi connectivity index (χ0n) is 19.8. The monoisotopic (exact) mass is 549 g/mol. The number of carbonyl (C=O) groups is 4. The van der Waals surface area contributed by atoms with Crippen LogP contribution >= 0.6 is 15.9 Å². The normalized spacial score (nSPS) is 15.0. The Balaban J connectivity index is 1.30. The molecule has 184 valence electrons. The maximum Gasteiger partial charge on any atom is 0.343 e. The van der Waals surface area contributed by atoms with Crippen LogP contribution in [0, 0.1) is 19.8 Å². The van der Waals surface area contributed by atoms with Crippen LogP contribution in [0.25, 0.3) is 0 Å². The second-order valence-electron chi connectivity index (χ2n) is 8.65. The Morgan fingerprint density at radius 3 is 2.28 bits per heavy atom. The summed E-state index contributed by atoms with van der Waals surface area (Å²) in [7, 11) is 0. The second kappa shape index (κ2) is 10.9. The number of hydrogen-bond acceptors (Lipinski definition) is 6. The Hall–Kier alpha value is -3.78. The third-order valence-corrected chi connectivity index (χ3v) is 6.44. The van der Waals surface area contributed by atoms with Crippen molar-refractivity contribution < 1.29 is 28.7 Å². The maximum atomic E-state index is 12.6. The van der Waals surface area contributed by atoms with E-state index in [0.717, 1.165) is 21.3 Å². The number of rotatable bonds is 7. The molecule has 4 rings (SSSR count). The van der Waals surface area contributed by atoms with Gasteiger partial charge >= 0.3 is 11.9 Å². The van der Waals surface area contributed by atoms with Crippen LogP contribution in [0.15, 0.2) is 71.2 Å². The number of amides is 1. The van der Waals surface area contributed by atoms with Gasteiger partial charge in [0.15, 0.2) is 12.4 Å². The first kappa shape index (κ1) is 25.3. The summed E-state index contributed by atoms with van der Waals surface area (Å²) in [5.74, 6) is -1.99. The van der Waals surface area contributed by atoms with Gasteiger partial charge in [-0.25, -0.2) is 4.79 Å². The molecule has 1 saturated heterocycles. The molecule has 1 fully saturated rings. The minimum Gasteiger partial charge on any atom is -0.457 e. The molecule has 3 aromatic rings. The van der Waals surface area contributed by atoms with E-state index < -0.39 is 30.2 Å². The molecule has 0 aromatic heterocycles. The summed E-state index contributed by atoms with van der Waals surface area (Å²) in [5.41, 5.74) is 3.53. The molecule has 1 aliphatic rings. The highest BCUT2D eigenvalue weighted by atomic mass is 79.9. The van der Waals surface area contributed by atoms with Gasteiger partial charge in [0.2, 0.25) is 5.91 Å². The van der Waals surface area contributed by atoms with E-state index in [4.69, 9.17) is 9.47 Å². The number of benzene rings is 3. The van der Waals surface area contributed by atoms with Gasteiger partial charge in [0.1, 0.15) is 5.75 Å². The molecule has 0 N–H and O–H groups in total. The van der Waals surface area contributed by atoms with Gasteiger partial charge in [-0.1, -0.05) is 33.6 Å². The first-order valence-electron chi connectivity index (χ1n) is 11.4. The van der Waals surface area contributed by atoms with Crippen LogP contribution in [-0.4, -0.2) is 36.8 Å². The summed E-state index contributed by atoms with van der Waals surface area (Å²) in [6, 6.07) is 18.5. The van der Waals surface area contributed by atoms with Crippen LogP contribution in [0.1, 0.15) is 38.3 Å². The van der Waals surface area contributed by atoms with Crippen molar-refractivity contribution in [2.45, 2.75) is 20.3 Å². The van der Waals surface area contributed by atoms with E-state index in [9.17, 15) is 19.2 Å². The fraction of sp³-hybridized carbons (Fsp3) is 0.214. The summed E-state index contributed by atoms with van der Waals surface area (Å²) in [6.45, 7) is 3.68. The minimum absolute atomic E-state index is 0.0404. The quantitative estimate of drug-likeness (QED) is 0.232. The van der Waals surface area contributed by atoms with E-state index in [-0.39, 0.29) is 24.6 Å². The zero-order chi connectivity index (χ0) is 25.8. The highest BCUT2D eigenvalue weighted by molar-refractivity contribution is 9.10. The lowest BCUT2D eigenvalue weighted by molar-refractivity contribution is -0.147. The summed E-state index contributed by atoms with van der Waals surface area (Å²) in [5, 5.41) is 0. The Bertz CT molecular complexity index is 1320. The van der Waals surface area contributed by atoms with Gasteiger partial charge in [-0.05, 0) is 74.0 Å². The third kappa shape index (κ3) is 5.88. The SMILES string of the molecule is Cc1ccc(N2C[C@H](C(=O)OCC(=O)c3ccc(OC(=O)c4ccc(Br)cc4)cc3)CC2=O)c(C)c1. The number of esters is 2. The van der Waals surface area contributed by atoms with Crippen LogP contribution in [0.3, 0.4) is 0 Å². The molecule has 1 heterocycles. The summed E-state index contributed by atoms with van der Waals surface area (Å²) in [4.78, 5) is 51.4. The topological polar surface area (TPSA) is 90.0 Å². The van der Waals surface area contributed by atoms with E-state index >= 15 is 0 Å². The standard InChI is InChI=1S/C28H24BrNO6/c1-17-3-12-24(18(2)13-17)30-15-21(14-26(30)32)27(33)35-16-25(31)19-6-10-23(11-7-19)36-28(34)20-4-8-22(29)9-5-20/h3-13,21H,14-16H2,1-2H3/t21-/m1/s1. The van der Waals surface area contributed by atoms with Crippen LogP contribution in [0.4, 0.5) is 5.69 Å². The number of anilines is 1. The Labute approximate surface area is 217 Å². The molecule has 1 amide bonds. The highest BCUT2D eigenvalue weighted by Crippen LogP contribution is 2.29. The molecular weight excluding hydrogens is 526 g/mol. The smallest absolute Gasteiger partial charge is 0.343 e. The molecule has 0 unspecified atom stereocenters. The van der Waals surface area contributed by atoms with E-state index in [1.54, 1.807) is 29.2 Å². The molecule has 0 aliphatic carbocycles. The van der Waals surface area contributed by atoms with Crippen LogP contribution < -0.4 is 9.64 Å². The van der Waals surface area contributed by atoms with Crippen molar-refractivity contribution in [2.75, 3.05) is 18.1 Å². The molecule has 0 radical (unpaired) electrons. The Morgan fingerprint density at radius 1 is 0.944 bits per heavy atom. The van der Waals surface area contributed by atoms with Gasteiger partial charge in [-0.15, -0.1) is 0 Å². The second-order valence-corrected chi connectivity index (χ2v) is 9.56. The fourth-order valence-corrected chi connectivity index (χ4v) is 4.27. The molecule has 7 nitrogen and oxygen atoms in total. The lowest BCUT2D eigenvalue weighted by Gasteiger charge is -2.19. The number of Topliss-reactive ketones (excluding diaryl/α,β-unsaturated/α-hetero) is 1. The number of carbonyl (C=O) groups excluding carboxylic acids is 4. The molecule has 8 heteroatoms. The number of nitrogens with zero attached hydrogens (tertiary/aromatic N) is 1. The molecule has 1 aliphatic heterocycles. The van der Waals surface area contributed by atoms with E-state index in [1.807, 2.05) is 32.0 Å².